The number of carbonyl (C=O) groups excluding carboxylic acids is 1. The van der Waals surface area contributed by atoms with Gasteiger partial charge in [0.05, 0.1) is 5.75 Å². The molecule has 0 atom stereocenters. The Labute approximate surface area is 182 Å². The number of hydrogen-bond donors (Lipinski definition) is 1. The number of aromatic nitrogens is 3. The third kappa shape index (κ3) is 6.09. The molecule has 0 bridgehead atoms. The van der Waals surface area contributed by atoms with Crippen LogP contribution in [0.15, 0.2) is 36.0 Å². The summed E-state index contributed by atoms with van der Waals surface area (Å²) in [5.41, 5.74) is 1.61. The Balaban J connectivity index is 1.58. The van der Waals surface area contributed by atoms with Gasteiger partial charge in [-0.15, -0.1) is 16.8 Å². The summed E-state index contributed by atoms with van der Waals surface area (Å²) in [7, 11) is 0. The van der Waals surface area contributed by atoms with Crippen molar-refractivity contribution in [1.82, 2.24) is 14.8 Å². The van der Waals surface area contributed by atoms with Gasteiger partial charge in [-0.1, -0.05) is 67.6 Å². The van der Waals surface area contributed by atoms with E-state index in [2.05, 4.69) is 26.7 Å². The van der Waals surface area contributed by atoms with E-state index in [0.717, 1.165) is 41.0 Å². The number of halogens is 1. The summed E-state index contributed by atoms with van der Waals surface area (Å²) in [6, 6.07) is 5.50. The van der Waals surface area contributed by atoms with E-state index in [0.29, 0.717) is 11.6 Å². The van der Waals surface area contributed by atoms with Gasteiger partial charge in [0, 0.05) is 23.7 Å². The Bertz CT molecular complexity index is 845. The van der Waals surface area contributed by atoms with Gasteiger partial charge in [0.1, 0.15) is 5.82 Å². The fourth-order valence-corrected chi connectivity index (χ4v) is 4.73. The summed E-state index contributed by atoms with van der Waals surface area (Å²) in [4.78, 5) is 12.4. The van der Waals surface area contributed by atoms with Crippen LogP contribution in [0, 0.1) is 12.8 Å². The lowest BCUT2D eigenvalue weighted by Crippen LogP contribution is -2.15. The number of nitrogens with zero attached hydrogens (tertiary/aromatic N) is 3. The highest BCUT2D eigenvalue weighted by molar-refractivity contribution is 7.99. The second-order valence-electron chi connectivity index (χ2n) is 7.59. The number of allylic oxidation sites excluding steroid dienone is 1. The van der Waals surface area contributed by atoms with E-state index in [9.17, 15) is 4.79 Å². The summed E-state index contributed by atoms with van der Waals surface area (Å²) in [6.07, 6.45) is 10.7. The molecular formula is C22H29ClN4OS. The second kappa shape index (κ2) is 10.8. The van der Waals surface area contributed by atoms with Gasteiger partial charge in [0.15, 0.2) is 5.16 Å². The maximum Gasteiger partial charge on any atom is 0.234 e. The Morgan fingerprint density at radius 2 is 2.14 bits per heavy atom. The van der Waals surface area contributed by atoms with Crippen LogP contribution in [-0.2, 0) is 17.8 Å². The molecule has 7 heteroatoms. The van der Waals surface area contributed by atoms with Gasteiger partial charge in [-0.25, -0.2) is 0 Å². The summed E-state index contributed by atoms with van der Waals surface area (Å²) in [5, 5.41) is 13.1. The molecule has 0 saturated heterocycles. The van der Waals surface area contributed by atoms with Crippen molar-refractivity contribution < 1.29 is 4.79 Å². The van der Waals surface area contributed by atoms with Gasteiger partial charge in [-0.2, -0.15) is 0 Å². The van der Waals surface area contributed by atoms with Crippen molar-refractivity contribution in [2.75, 3.05) is 11.1 Å². The Morgan fingerprint density at radius 1 is 1.34 bits per heavy atom. The van der Waals surface area contributed by atoms with E-state index in [1.807, 2.05) is 31.2 Å². The molecule has 1 N–H and O–H groups in total. The summed E-state index contributed by atoms with van der Waals surface area (Å²) >= 11 is 7.53. The fourth-order valence-electron chi connectivity index (χ4n) is 3.79. The minimum Gasteiger partial charge on any atom is -0.325 e. The molecule has 0 radical (unpaired) electrons. The number of thioether (sulfide) groups is 1. The van der Waals surface area contributed by atoms with Crippen LogP contribution in [0.2, 0.25) is 5.02 Å². The Morgan fingerprint density at radius 3 is 2.90 bits per heavy atom. The largest absolute Gasteiger partial charge is 0.325 e. The van der Waals surface area contributed by atoms with Crippen molar-refractivity contribution in [2.24, 2.45) is 5.92 Å². The molecule has 0 spiro atoms. The quantitative estimate of drug-likeness (QED) is 0.409. The molecule has 156 valence electrons. The highest BCUT2D eigenvalue weighted by Gasteiger charge is 2.17. The van der Waals surface area contributed by atoms with Crippen molar-refractivity contribution in [3.05, 3.63) is 47.3 Å². The molecule has 0 aliphatic heterocycles. The zero-order chi connectivity index (χ0) is 20.6. The molecule has 1 aromatic carbocycles. The summed E-state index contributed by atoms with van der Waals surface area (Å²) < 4.78 is 2.08. The maximum atomic E-state index is 12.4. The number of carbonyl (C=O) groups is 1. The van der Waals surface area contributed by atoms with Crippen molar-refractivity contribution in [1.29, 1.82) is 0 Å². The first kappa shape index (κ1) is 21.9. The standard InChI is InChI=1S/C22H29ClN4OS/c1-3-14-27-20(13-12-17-8-5-4-6-9-17)25-26-22(27)29-15-21(28)24-19-11-7-10-18(23)16(19)2/h3,7,10-11,17H,1,4-6,8-9,12-15H2,2H3,(H,24,28). The van der Waals surface area contributed by atoms with Gasteiger partial charge in [0.2, 0.25) is 5.91 Å². The van der Waals surface area contributed by atoms with E-state index in [4.69, 9.17) is 11.6 Å². The third-order valence-corrected chi connectivity index (χ3v) is 6.86. The number of benzene rings is 1. The molecule has 5 nitrogen and oxygen atoms in total. The van der Waals surface area contributed by atoms with Crippen LogP contribution in [0.25, 0.3) is 0 Å². The normalized spacial score (nSPS) is 14.7. The van der Waals surface area contributed by atoms with Crippen molar-refractivity contribution in [2.45, 2.75) is 63.6 Å². The maximum absolute atomic E-state index is 12.4. The SMILES string of the molecule is C=CCn1c(CCC2CCCCC2)nnc1SCC(=O)Nc1cccc(Cl)c1C. The lowest BCUT2D eigenvalue weighted by molar-refractivity contribution is -0.113. The number of nitrogens with one attached hydrogen (secondary N) is 1. The predicted octanol–water partition coefficient (Wildman–Crippen LogP) is 5.67. The van der Waals surface area contributed by atoms with Crippen LogP contribution in [0.5, 0.6) is 0 Å². The van der Waals surface area contributed by atoms with E-state index < -0.39 is 0 Å². The molecule has 1 aromatic heterocycles. The van der Waals surface area contributed by atoms with Gasteiger partial charge in [-0.05, 0) is 37.0 Å². The Hall–Kier alpha value is -1.79. The topological polar surface area (TPSA) is 59.8 Å². The van der Waals surface area contributed by atoms with Gasteiger partial charge in [-0.3, -0.25) is 4.79 Å². The number of hydrogen-bond acceptors (Lipinski definition) is 4. The smallest absolute Gasteiger partial charge is 0.234 e. The first-order valence-corrected chi connectivity index (χ1v) is 11.7. The molecule has 1 heterocycles. The minimum atomic E-state index is -0.0859. The van der Waals surface area contributed by atoms with Crippen LogP contribution < -0.4 is 5.32 Å². The van der Waals surface area contributed by atoms with Crippen LogP contribution >= 0.6 is 23.4 Å². The highest BCUT2D eigenvalue weighted by Crippen LogP contribution is 2.28. The van der Waals surface area contributed by atoms with Crippen LogP contribution in [0.3, 0.4) is 0 Å². The molecule has 0 unspecified atom stereocenters. The lowest BCUT2D eigenvalue weighted by Gasteiger charge is -2.21. The molecule has 1 amide bonds. The van der Waals surface area contributed by atoms with Crippen molar-refractivity contribution in [3.8, 4) is 0 Å². The summed E-state index contributed by atoms with van der Waals surface area (Å²) in [5.74, 6) is 1.98. The average molecular weight is 433 g/mol. The van der Waals surface area contributed by atoms with E-state index >= 15 is 0 Å². The van der Waals surface area contributed by atoms with Crippen LogP contribution in [0.1, 0.15) is 49.9 Å². The number of amides is 1. The highest BCUT2D eigenvalue weighted by atomic mass is 35.5. The minimum absolute atomic E-state index is 0.0859. The molecule has 29 heavy (non-hydrogen) atoms. The predicted molar refractivity (Wildman–Crippen MR) is 121 cm³/mol. The van der Waals surface area contributed by atoms with Gasteiger partial charge in [0.25, 0.3) is 0 Å². The monoisotopic (exact) mass is 432 g/mol. The Kier molecular flexibility index (Phi) is 8.19. The number of aryl methyl sites for hydroxylation is 1. The molecule has 1 fully saturated rings. The van der Waals surface area contributed by atoms with Crippen LogP contribution in [0.4, 0.5) is 5.69 Å². The van der Waals surface area contributed by atoms with Gasteiger partial charge >= 0.3 is 0 Å². The number of anilines is 1. The van der Waals surface area contributed by atoms with E-state index in [-0.39, 0.29) is 11.7 Å². The van der Waals surface area contributed by atoms with Crippen molar-refractivity contribution >= 4 is 35.0 Å². The van der Waals surface area contributed by atoms with Gasteiger partial charge < -0.3 is 9.88 Å². The first-order valence-electron chi connectivity index (χ1n) is 10.3. The first-order chi connectivity index (χ1) is 14.1. The van der Waals surface area contributed by atoms with Crippen molar-refractivity contribution in [3.63, 3.8) is 0 Å². The molecule has 2 aromatic rings. The zero-order valence-electron chi connectivity index (χ0n) is 17.0. The fraction of sp³-hybridized carbons (Fsp3) is 0.500. The third-order valence-electron chi connectivity index (χ3n) is 5.48. The number of rotatable bonds is 9. The van der Waals surface area contributed by atoms with Crippen LogP contribution in [-0.4, -0.2) is 26.4 Å². The average Bonchev–Trinajstić information content (AvgIpc) is 3.11. The molecule has 3 rings (SSSR count). The molecule has 1 aliphatic carbocycles. The zero-order valence-corrected chi connectivity index (χ0v) is 18.6. The molecular weight excluding hydrogens is 404 g/mol. The second-order valence-corrected chi connectivity index (χ2v) is 8.94. The van der Waals surface area contributed by atoms with E-state index in [1.165, 1.54) is 43.9 Å². The lowest BCUT2D eigenvalue weighted by atomic mass is 9.86. The summed E-state index contributed by atoms with van der Waals surface area (Å²) in [6.45, 7) is 6.41. The van der Waals surface area contributed by atoms with E-state index in [1.54, 1.807) is 0 Å². The molecule has 1 aliphatic rings. The molecule has 1 saturated carbocycles.